The molecule has 5 heterocycles. The number of hydrogen-bond donors (Lipinski definition) is 2. The number of benzene rings is 1. The summed E-state index contributed by atoms with van der Waals surface area (Å²) in [4.78, 5) is 35.9. The van der Waals surface area contributed by atoms with Crippen molar-refractivity contribution in [1.82, 2.24) is 24.5 Å². The van der Waals surface area contributed by atoms with Gasteiger partial charge in [0.1, 0.15) is 18.0 Å². The Kier molecular flexibility index (Phi) is 7.10. The first kappa shape index (κ1) is 25.9. The SMILES string of the molecule is CCc1c(N2CCNCC2)c(=O)n2nc(-c3cc4c(s3)COCC4)nc2n1CC(=O)Nc1ccc(F)cc1Cl. The van der Waals surface area contributed by atoms with Gasteiger partial charge in [-0.2, -0.15) is 9.50 Å². The smallest absolute Gasteiger partial charge is 0.299 e. The van der Waals surface area contributed by atoms with Crippen LogP contribution in [0.5, 0.6) is 0 Å². The Morgan fingerprint density at radius 1 is 1.28 bits per heavy atom. The van der Waals surface area contributed by atoms with Crippen LogP contribution in [0.2, 0.25) is 5.02 Å². The molecule has 1 amide bonds. The van der Waals surface area contributed by atoms with E-state index in [0.29, 0.717) is 55.6 Å². The van der Waals surface area contributed by atoms with Gasteiger partial charge in [-0.3, -0.25) is 9.59 Å². The number of nitrogens with zero attached hydrogens (tertiary/aromatic N) is 5. The number of amides is 1. The molecule has 0 aliphatic carbocycles. The number of carbonyl (C=O) groups is 1. The predicted octanol–water partition coefficient (Wildman–Crippen LogP) is 3.10. The minimum atomic E-state index is -0.494. The second-order valence-corrected chi connectivity index (χ2v) is 11.0. The third kappa shape index (κ3) is 4.93. The topological polar surface area (TPSA) is 106 Å². The summed E-state index contributed by atoms with van der Waals surface area (Å²) in [7, 11) is 0. The molecular weight excluding hydrogens is 545 g/mol. The van der Waals surface area contributed by atoms with Crippen LogP contribution in [0.15, 0.2) is 29.1 Å². The lowest BCUT2D eigenvalue weighted by atomic mass is 10.1. The van der Waals surface area contributed by atoms with Crippen molar-refractivity contribution in [2.75, 3.05) is 43.0 Å². The van der Waals surface area contributed by atoms with E-state index in [4.69, 9.17) is 21.3 Å². The number of rotatable bonds is 6. The average molecular weight is 572 g/mol. The molecule has 1 fully saturated rings. The Bertz CT molecular complexity index is 1600. The monoisotopic (exact) mass is 571 g/mol. The molecule has 3 aromatic heterocycles. The summed E-state index contributed by atoms with van der Waals surface area (Å²) in [6.45, 7) is 5.85. The number of halogens is 2. The number of fused-ring (bicyclic) bond motifs is 2. The lowest BCUT2D eigenvalue weighted by Crippen LogP contribution is -2.47. The van der Waals surface area contributed by atoms with E-state index in [2.05, 4.69) is 21.8 Å². The normalized spacial score (nSPS) is 15.5. The van der Waals surface area contributed by atoms with Crippen LogP contribution < -0.4 is 21.1 Å². The summed E-state index contributed by atoms with van der Waals surface area (Å²) in [5.41, 5.74) is 2.48. The van der Waals surface area contributed by atoms with E-state index in [1.165, 1.54) is 22.2 Å². The van der Waals surface area contributed by atoms with Crippen molar-refractivity contribution in [3.05, 3.63) is 61.6 Å². The van der Waals surface area contributed by atoms with Crippen LogP contribution in [0.3, 0.4) is 0 Å². The first-order valence-electron chi connectivity index (χ1n) is 12.9. The van der Waals surface area contributed by atoms with E-state index < -0.39 is 5.82 Å². The van der Waals surface area contributed by atoms with Crippen LogP contribution in [-0.2, 0) is 35.5 Å². The van der Waals surface area contributed by atoms with Crippen LogP contribution in [0, 0.1) is 5.82 Å². The van der Waals surface area contributed by atoms with Gasteiger partial charge in [-0.1, -0.05) is 18.5 Å². The van der Waals surface area contributed by atoms with Crippen LogP contribution >= 0.6 is 22.9 Å². The molecular formula is C26H27ClFN7O3S. The van der Waals surface area contributed by atoms with Gasteiger partial charge in [0, 0.05) is 31.1 Å². The molecule has 0 atom stereocenters. The molecule has 0 bridgehead atoms. The van der Waals surface area contributed by atoms with Crippen molar-refractivity contribution < 1.29 is 13.9 Å². The van der Waals surface area contributed by atoms with E-state index >= 15 is 0 Å². The van der Waals surface area contributed by atoms with Crippen molar-refractivity contribution in [1.29, 1.82) is 0 Å². The summed E-state index contributed by atoms with van der Waals surface area (Å²) >= 11 is 7.70. The third-order valence-electron chi connectivity index (χ3n) is 6.97. The molecule has 0 radical (unpaired) electrons. The molecule has 0 spiro atoms. The summed E-state index contributed by atoms with van der Waals surface area (Å²) in [5, 5.41) is 10.8. The fourth-order valence-electron chi connectivity index (χ4n) is 5.10. The molecule has 13 heteroatoms. The molecule has 0 saturated carbocycles. The highest BCUT2D eigenvalue weighted by atomic mass is 35.5. The van der Waals surface area contributed by atoms with Crippen LogP contribution in [0.25, 0.3) is 16.5 Å². The highest BCUT2D eigenvalue weighted by Crippen LogP contribution is 2.33. The first-order chi connectivity index (χ1) is 18.9. The number of anilines is 2. The maximum Gasteiger partial charge on any atom is 0.299 e. The van der Waals surface area contributed by atoms with E-state index in [1.807, 2.05) is 11.8 Å². The highest BCUT2D eigenvalue weighted by molar-refractivity contribution is 7.15. The fraction of sp³-hybridized carbons (Fsp3) is 0.385. The second-order valence-electron chi connectivity index (χ2n) is 9.46. The van der Waals surface area contributed by atoms with Gasteiger partial charge in [0.2, 0.25) is 11.7 Å². The Hall–Kier alpha value is -3.32. The van der Waals surface area contributed by atoms with Gasteiger partial charge in [0.25, 0.3) is 5.56 Å². The lowest BCUT2D eigenvalue weighted by Gasteiger charge is -2.31. The number of ether oxygens (including phenoxy) is 1. The zero-order chi connectivity index (χ0) is 27.1. The Balaban J connectivity index is 1.46. The van der Waals surface area contributed by atoms with E-state index in [9.17, 15) is 14.0 Å². The number of nitrogens with one attached hydrogen (secondary N) is 2. The zero-order valence-corrected chi connectivity index (χ0v) is 22.9. The average Bonchev–Trinajstić information content (AvgIpc) is 3.57. The number of aromatic nitrogens is 4. The van der Waals surface area contributed by atoms with Gasteiger partial charge in [0.05, 0.1) is 34.5 Å². The van der Waals surface area contributed by atoms with Crippen molar-refractivity contribution >= 4 is 46.0 Å². The van der Waals surface area contributed by atoms with E-state index in [-0.39, 0.29) is 28.8 Å². The molecule has 2 aliphatic heterocycles. The van der Waals surface area contributed by atoms with Gasteiger partial charge in [-0.25, -0.2) is 4.39 Å². The summed E-state index contributed by atoms with van der Waals surface area (Å²) in [6.07, 6.45) is 1.33. The maximum atomic E-state index is 13.9. The lowest BCUT2D eigenvalue weighted by molar-refractivity contribution is -0.116. The van der Waals surface area contributed by atoms with Gasteiger partial charge in [0.15, 0.2) is 5.82 Å². The van der Waals surface area contributed by atoms with Crippen molar-refractivity contribution in [3.63, 3.8) is 0 Å². The molecule has 1 aromatic carbocycles. The largest absolute Gasteiger partial charge is 0.376 e. The summed E-state index contributed by atoms with van der Waals surface area (Å²) in [6, 6.07) is 5.86. The summed E-state index contributed by atoms with van der Waals surface area (Å²) in [5.74, 6) is -0.161. The van der Waals surface area contributed by atoms with Gasteiger partial charge >= 0.3 is 0 Å². The minimum Gasteiger partial charge on any atom is -0.376 e. The van der Waals surface area contributed by atoms with Crippen LogP contribution in [0.1, 0.15) is 23.1 Å². The van der Waals surface area contributed by atoms with Crippen molar-refractivity contribution in [2.45, 2.75) is 32.9 Å². The molecule has 6 rings (SSSR count). The van der Waals surface area contributed by atoms with Crippen LogP contribution in [0.4, 0.5) is 15.8 Å². The second kappa shape index (κ2) is 10.7. The number of piperazine rings is 1. The highest BCUT2D eigenvalue weighted by Gasteiger charge is 2.27. The molecule has 2 N–H and O–H groups in total. The van der Waals surface area contributed by atoms with E-state index in [1.54, 1.807) is 15.9 Å². The Labute approximate surface area is 232 Å². The van der Waals surface area contributed by atoms with Gasteiger partial charge in [-0.15, -0.1) is 16.4 Å². The van der Waals surface area contributed by atoms with Gasteiger partial charge < -0.3 is 24.8 Å². The molecule has 10 nitrogen and oxygen atoms in total. The van der Waals surface area contributed by atoms with Gasteiger partial charge in [-0.05, 0) is 42.7 Å². The molecule has 2 aliphatic rings. The standard InChI is InChI=1S/C26H27ClFN7O3S/c1-2-19-23(33-8-6-29-7-9-33)25(37)35-26(31-24(32-35)20-11-15-5-10-38-14-21(15)39-20)34(19)13-22(36)30-18-4-3-16(28)12-17(18)27/h3-4,11-12,29H,2,5-10,13-14H2,1H3,(H,30,36). The number of hydrogen-bond acceptors (Lipinski definition) is 8. The maximum absolute atomic E-state index is 13.9. The molecule has 39 heavy (non-hydrogen) atoms. The Morgan fingerprint density at radius 3 is 2.85 bits per heavy atom. The van der Waals surface area contributed by atoms with Crippen molar-refractivity contribution in [3.8, 4) is 10.7 Å². The molecule has 0 unspecified atom stereocenters. The first-order valence-corrected chi connectivity index (χ1v) is 14.0. The summed E-state index contributed by atoms with van der Waals surface area (Å²) < 4.78 is 22.2. The van der Waals surface area contributed by atoms with Crippen LogP contribution in [-0.4, -0.2) is 57.9 Å². The number of thiophene rings is 1. The van der Waals surface area contributed by atoms with E-state index in [0.717, 1.165) is 35.3 Å². The quantitative estimate of drug-likeness (QED) is 0.366. The minimum absolute atomic E-state index is 0.0982. The molecule has 204 valence electrons. The fourth-order valence-corrected chi connectivity index (χ4v) is 6.40. The Morgan fingerprint density at radius 2 is 2.10 bits per heavy atom. The number of carbonyl (C=O) groups excluding carboxylic acids is 1. The molecule has 1 saturated heterocycles. The molecule has 4 aromatic rings. The third-order valence-corrected chi connectivity index (χ3v) is 8.43. The van der Waals surface area contributed by atoms with Crippen molar-refractivity contribution in [2.24, 2.45) is 0 Å². The predicted molar refractivity (Wildman–Crippen MR) is 148 cm³/mol. The zero-order valence-electron chi connectivity index (χ0n) is 21.3.